The molecule has 0 atom stereocenters. The molecule has 0 radical (unpaired) electrons. The Morgan fingerprint density at radius 3 is 3.00 bits per heavy atom. The highest BCUT2D eigenvalue weighted by Gasteiger charge is 2.08. The molecule has 0 spiro atoms. The Hall–Kier alpha value is -2.21. The number of H-pyrrole nitrogens is 1. The number of nitrogens with two attached hydrogens (primary N) is 1. The van der Waals surface area contributed by atoms with Gasteiger partial charge in [-0.3, -0.25) is 0 Å². The number of nitrogens with zero attached hydrogens (tertiary/aromatic N) is 2. The van der Waals surface area contributed by atoms with Crippen LogP contribution in [0.4, 0.5) is 5.69 Å². The average Bonchev–Trinajstić information content (AvgIpc) is 2.82. The molecule has 0 bridgehead atoms. The molecule has 5 nitrogen and oxygen atoms in total. The normalized spacial score (nSPS) is 10.8. The summed E-state index contributed by atoms with van der Waals surface area (Å²) in [6, 6.07) is 9.33. The molecule has 0 saturated carbocycles. The standard InChI is InChI=1S/C13H12N4OS/c1-18-8-4-5-10-11(7-8)17-13(16-10)19-12-9(14)3-2-6-15-12/h2-7H,14H2,1H3,(H,16,17). The minimum atomic E-state index is 0.644. The largest absolute Gasteiger partial charge is 0.497 e. The van der Waals surface area contributed by atoms with Crippen molar-refractivity contribution in [3.63, 3.8) is 0 Å². The summed E-state index contributed by atoms with van der Waals surface area (Å²) in [6.45, 7) is 0. The first kappa shape index (κ1) is 11.9. The van der Waals surface area contributed by atoms with Crippen LogP contribution in [0.5, 0.6) is 5.75 Å². The predicted octanol–water partition coefficient (Wildman–Crippen LogP) is 2.70. The molecule has 0 fully saturated rings. The lowest BCUT2D eigenvalue weighted by atomic mass is 10.3. The van der Waals surface area contributed by atoms with Crippen molar-refractivity contribution in [2.24, 2.45) is 0 Å². The lowest BCUT2D eigenvalue weighted by Gasteiger charge is -1.99. The Morgan fingerprint density at radius 2 is 2.21 bits per heavy atom. The fourth-order valence-electron chi connectivity index (χ4n) is 1.72. The van der Waals surface area contributed by atoms with Gasteiger partial charge in [-0.05, 0) is 36.0 Å². The van der Waals surface area contributed by atoms with Crippen LogP contribution in [0.2, 0.25) is 0 Å². The van der Waals surface area contributed by atoms with Crippen LogP contribution in [-0.4, -0.2) is 22.1 Å². The predicted molar refractivity (Wildman–Crippen MR) is 75.4 cm³/mol. The lowest BCUT2D eigenvalue weighted by molar-refractivity contribution is 0.415. The second-order valence-electron chi connectivity index (χ2n) is 3.92. The minimum Gasteiger partial charge on any atom is -0.497 e. The number of hydrogen-bond donors (Lipinski definition) is 2. The van der Waals surface area contributed by atoms with Crippen molar-refractivity contribution in [1.82, 2.24) is 15.0 Å². The lowest BCUT2D eigenvalue weighted by Crippen LogP contribution is -1.90. The molecule has 1 aromatic carbocycles. The Morgan fingerprint density at radius 1 is 1.32 bits per heavy atom. The number of rotatable bonds is 3. The van der Waals surface area contributed by atoms with Gasteiger partial charge in [0.1, 0.15) is 10.8 Å². The number of benzene rings is 1. The van der Waals surface area contributed by atoms with E-state index in [9.17, 15) is 0 Å². The van der Waals surface area contributed by atoms with Gasteiger partial charge in [0.25, 0.3) is 0 Å². The van der Waals surface area contributed by atoms with Gasteiger partial charge in [-0.2, -0.15) is 0 Å². The maximum absolute atomic E-state index is 5.86. The molecule has 0 aliphatic heterocycles. The first-order valence-electron chi connectivity index (χ1n) is 5.68. The van der Waals surface area contributed by atoms with Crippen molar-refractivity contribution >= 4 is 28.5 Å². The molecule has 6 heteroatoms. The summed E-state index contributed by atoms with van der Waals surface area (Å²) in [6.07, 6.45) is 1.71. The third-order valence-electron chi connectivity index (χ3n) is 2.66. The van der Waals surface area contributed by atoms with Crippen LogP contribution in [-0.2, 0) is 0 Å². The molecule has 2 aromatic heterocycles. The highest BCUT2D eigenvalue weighted by molar-refractivity contribution is 7.99. The summed E-state index contributed by atoms with van der Waals surface area (Å²) in [4.78, 5) is 11.9. The number of imidazole rings is 1. The van der Waals surface area contributed by atoms with Crippen LogP contribution in [0.3, 0.4) is 0 Å². The van der Waals surface area contributed by atoms with E-state index in [2.05, 4.69) is 15.0 Å². The summed E-state index contributed by atoms with van der Waals surface area (Å²) in [5, 5.41) is 1.50. The number of anilines is 1. The zero-order valence-corrected chi connectivity index (χ0v) is 11.1. The zero-order valence-electron chi connectivity index (χ0n) is 10.3. The van der Waals surface area contributed by atoms with Crippen LogP contribution in [0.1, 0.15) is 0 Å². The topological polar surface area (TPSA) is 76.8 Å². The van der Waals surface area contributed by atoms with E-state index in [0.717, 1.165) is 27.0 Å². The van der Waals surface area contributed by atoms with Gasteiger partial charge in [0.05, 0.1) is 23.8 Å². The van der Waals surface area contributed by atoms with Crippen molar-refractivity contribution in [3.05, 3.63) is 36.5 Å². The SMILES string of the molecule is COc1ccc2nc(Sc3ncccc3N)[nH]c2c1. The van der Waals surface area contributed by atoms with Gasteiger partial charge in [0.2, 0.25) is 0 Å². The van der Waals surface area contributed by atoms with Crippen molar-refractivity contribution in [3.8, 4) is 5.75 Å². The fraction of sp³-hybridized carbons (Fsp3) is 0.0769. The van der Waals surface area contributed by atoms with Gasteiger partial charge in [-0.25, -0.2) is 9.97 Å². The third-order valence-corrected chi connectivity index (χ3v) is 3.58. The molecule has 0 aliphatic carbocycles. The van der Waals surface area contributed by atoms with Gasteiger partial charge in [-0.15, -0.1) is 0 Å². The number of fused-ring (bicyclic) bond motifs is 1. The smallest absolute Gasteiger partial charge is 0.172 e. The van der Waals surface area contributed by atoms with Gasteiger partial charge < -0.3 is 15.5 Å². The molecule has 3 rings (SSSR count). The maximum Gasteiger partial charge on any atom is 0.172 e. The summed E-state index contributed by atoms with van der Waals surface area (Å²) in [7, 11) is 1.64. The van der Waals surface area contributed by atoms with E-state index in [4.69, 9.17) is 10.5 Å². The van der Waals surface area contributed by atoms with Gasteiger partial charge >= 0.3 is 0 Å². The maximum atomic E-state index is 5.86. The monoisotopic (exact) mass is 272 g/mol. The summed E-state index contributed by atoms with van der Waals surface area (Å²) < 4.78 is 5.18. The number of aromatic amines is 1. The molecule has 0 aliphatic rings. The average molecular weight is 272 g/mol. The van der Waals surface area contributed by atoms with E-state index in [0.29, 0.717) is 5.69 Å². The quantitative estimate of drug-likeness (QED) is 0.766. The van der Waals surface area contributed by atoms with Gasteiger partial charge in [-0.1, -0.05) is 0 Å². The van der Waals surface area contributed by atoms with Crippen molar-refractivity contribution < 1.29 is 4.74 Å². The van der Waals surface area contributed by atoms with E-state index in [1.54, 1.807) is 13.3 Å². The third kappa shape index (κ3) is 2.34. The number of hydrogen-bond acceptors (Lipinski definition) is 5. The van der Waals surface area contributed by atoms with Crippen LogP contribution < -0.4 is 10.5 Å². The number of ether oxygens (including phenoxy) is 1. The molecule has 3 aromatic rings. The molecule has 0 amide bonds. The summed E-state index contributed by atoms with van der Waals surface area (Å²) in [5.41, 5.74) is 8.32. The highest BCUT2D eigenvalue weighted by Crippen LogP contribution is 2.30. The molecule has 3 N–H and O–H groups in total. The summed E-state index contributed by atoms with van der Waals surface area (Å²) in [5.74, 6) is 0.796. The van der Waals surface area contributed by atoms with Crippen molar-refractivity contribution in [1.29, 1.82) is 0 Å². The highest BCUT2D eigenvalue weighted by atomic mass is 32.2. The molecular weight excluding hydrogens is 260 g/mol. The van der Waals surface area contributed by atoms with E-state index in [-0.39, 0.29) is 0 Å². The molecule has 0 saturated heterocycles. The van der Waals surface area contributed by atoms with E-state index >= 15 is 0 Å². The molecule has 19 heavy (non-hydrogen) atoms. The van der Waals surface area contributed by atoms with E-state index < -0.39 is 0 Å². The van der Waals surface area contributed by atoms with E-state index in [1.165, 1.54) is 11.8 Å². The molecule has 2 heterocycles. The van der Waals surface area contributed by atoms with Crippen LogP contribution in [0, 0.1) is 0 Å². The number of nitrogen functional groups attached to an aromatic ring is 1. The van der Waals surface area contributed by atoms with Gasteiger partial charge in [0, 0.05) is 12.3 Å². The Bertz CT molecular complexity index is 725. The molecule has 0 unspecified atom stereocenters. The Labute approximate surface area is 114 Å². The first-order chi connectivity index (χ1) is 9.26. The van der Waals surface area contributed by atoms with Gasteiger partial charge in [0.15, 0.2) is 5.16 Å². The number of pyridine rings is 1. The van der Waals surface area contributed by atoms with Crippen LogP contribution in [0.15, 0.2) is 46.7 Å². The van der Waals surface area contributed by atoms with Crippen molar-refractivity contribution in [2.45, 2.75) is 10.2 Å². The van der Waals surface area contributed by atoms with Crippen molar-refractivity contribution in [2.75, 3.05) is 12.8 Å². The fourth-order valence-corrected chi connectivity index (χ4v) is 2.51. The second kappa shape index (κ2) is 4.81. The number of methoxy groups -OCH3 is 1. The second-order valence-corrected chi connectivity index (χ2v) is 4.90. The first-order valence-corrected chi connectivity index (χ1v) is 6.50. The van der Waals surface area contributed by atoms with E-state index in [1.807, 2.05) is 30.3 Å². The Balaban J connectivity index is 1.95. The minimum absolute atomic E-state index is 0.644. The van der Waals surface area contributed by atoms with Crippen LogP contribution >= 0.6 is 11.8 Å². The number of aromatic nitrogens is 3. The number of nitrogens with one attached hydrogen (secondary N) is 1. The molecular formula is C13H12N4OS. The molecule has 96 valence electrons. The zero-order chi connectivity index (χ0) is 13.2. The van der Waals surface area contributed by atoms with Crippen LogP contribution in [0.25, 0.3) is 11.0 Å². The Kier molecular flexibility index (Phi) is 3.00. The summed E-state index contributed by atoms with van der Waals surface area (Å²) >= 11 is 1.41.